The maximum atomic E-state index is 13.3. The Morgan fingerprint density at radius 2 is 2.00 bits per heavy atom. The van der Waals surface area contributed by atoms with E-state index in [0.717, 1.165) is 0 Å². The highest BCUT2D eigenvalue weighted by molar-refractivity contribution is 5.34. The molecular weight excluding hydrogens is 207 g/mol. The van der Waals surface area contributed by atoms with Gasteiger partial charge in [-0.1, -0.05) is 18.2 Å². The van der Waals surface area contributed by atoms with Gasteiger partial charge in [-0.25, -0.2) is 4.39 Å². The van der Waals surface area contributed by atoms with E-state index in [0.29, 0.717) is 11.3 Å². The van der Waals surface area contributed by atoms with Gasteiger partial charge in [0.1, 0.15) is 5.82 Å². The average Bonchev–Trinajstić information content (AvgIpc) is 2.25. The monoisotopic (exact) mass is 218 g/mol. The summed E-state index contributed by atoms with van der Waals surface area (Å²) in [6.07, 6.45) is 1.56. The predicted molar refractivity (Wildman–Crippen MR) is 60.6 cm³/mol. The first-order valence-electron chi connectivity index (χ1n) is 4.86. The number of hydrogen-bond acceptors (Lipinski definition) is 2. The van der Waals surface area contributed by atoms with Crippen molar-refractivity contribution in [2.24, 2.45) is 0 Å². The van der Waals surface area contributed by atoms with E-state index < -0.39 is 0 Å². The van der Waals surface area contributed by atoms with E-state index in [9.17, 15) is 9.18 Å². The second-order valence-electron chi connectivity index (χ2n) is 3.52. The van der Waals surface area contributed by atoms with E-state index in [1.165, 1.54) is 16.7 Å². The molecule has 1 aromatic carbocycles. The molecule has 0 aliphatic heterocycles. The number of halogens is 1. The molecule has 82 valence electrons. The average molecular weight is 218 g/mol. The van der Waals surface area contributed by atoms with Crippen LogP contribution < -0.4 is 11.3 Å². The van der Waals surface area contributed by atoms with Gasteiger partial charge in [-0.15, -0.1) is 0 Å². The smallest absolute Gasteiger partial charge is 0.252 e. The van der Waals surface area contributed by atoms with Gasteiger partial charge in [0.2, 0.25) is 0 Å². The number of nitrogens with zero attached hydrogens (tertiary/aromatic N) is 1. The van der Waals surface area contributed by atoms with Gasteiger partial charge in [0.15, 0.2) is 0 Å². The highest BCUT2D eigenvalue weighted by atomic mass is 19.1. The lowest BCUT2D eigenvalue weighted by atomic mass is 10.2. The van der Waals surface area contributed by atoms with Crippen LogP contribution in [-0.2, 0) is 6.54 Å². The number of nitrogens with two attached hydrogens (primary N) is 1. The van der Waals surface area contributed by atoms with E-state index in [2.05, 4.69) is 0 Å². The molecule has 0 bridgehead atoms. The summed E-state index contributed by atoms with van der Waals surface area (Å²) in [6.45, 7) is 0.214. The van der Waals surface area contributed by atoms with Crippen molar-refractivity contribution in [1.82, 2.24) is 4.57 Å². The summed E-state index contributed by atoms with van der Waals surface area (Å²) in [6, 6.07) is 9.31. The van der Waals surface area contributed by atoms with Crippen molar-refractivity contribution >= 4 is 5.69 Å². The van der Waals surface area contributed by atoms with Crippen molar-refractivity contribution in [3.63, 3.8) is 0 Å². The third kappa shape index (κ3) is 2.11. The minimum Gasteiger partial charge on any atom is -0.399 e. The molecule has 0 unspecified atom stereocenters. The number of benzene rings is 1. The topological polar surface area (TPSA) is 48.0 Å². The molecule has 0 aliphatic carbocycles. The Balaban J connectivity index is 2.35. The Morgan fingerprint density at radius 1 is 1.25 bits per heavy atom. The molecule has 0 radical (unpaired) electrons. The van der Waals surface area contributed by atoms with Crippen LogP contribution in [0.15, 0.2) is 47.4 Å². The molecule has 1 heterocycles. The number of nitrogen functional groups attached to an aromatic ring is 1. The van der Waals surface area contributed by atoms with E-state index in [1.54, 1.807) is 30.5 Å². The summed E-state index contributed by atoms with van der Waals surface area (Å²) < 4.78 is 14.8. The Bertz CT molecular complexity index is 563. The quantitative estimate of drug-likeness (QED) is 0.832. The molecule has 0 atom stereocenters. The summed E-state index contributed by atoms with van der Waals surface area (Å²) in [5.74, 6) is -0.314. The van der Waals surface area contributed by atoms with Gasteiger partial charge in [0.05, 0.1) is 6.54 Å². The van der Waals surface area contributed by atoms with E-state index >= 15 is 0 Å². The molecule has 0 saturated heterocycles. The predicted octanol–water partition coefficient (Wildman–Crippen LogP) is 1.62. The normalized spacial score (nSPS) is 10.3. The molecule has 4 heteroatoms. The number of rotatable bonds is 2. The lowest BCUT2D eigenvalue weighted by Crippen LogP contribution is -2.19. The minimum atomic E-state index is -0.314. The molecule has 2 N–H and O–H groups in total. The van der Waals surface area contributed by atoms with Crippen LogP contribution in [0.5, 0.6) is 0 Å². The van der Waals surface area contributed by atoms with Crippen LogP contribution in [0, 0.1) is 5.82 Å². The largest absolute Gasteiger partial charge is 0.399 e. The lowest BCUT2D eigenvalue weighted by Gasteiger charge is -2.06. The molecule has 3 nitrogen and oxygen atoms in total. The van der Waals surface area contributed by atoms with Crippen LogP contribution >= 0.6 is 0 Å². The van der Waals surface area contributed by atoms with Crippen molar-refractivity contribution in [3.05, 3.63) is 64.3 Å². The Labute approximate surface area is 92.0 Å². The van der Waals surface area contributed by atoms with Gasteiger partial charge in [-0.3, -0.25) is 4.79 Å². The zero-order valence-corrected chi connectivity index (χ0v) is 8.56. The molecule has 0 aliphatic rings. The number of pyridine rings is 1. The van der Waals surface area contributed by atoms with Crippen LogP contribution in [0.3, 0.4) is 0 Å². The van der Waals surface area contributed by atoms with Crippen molar-refractivity contribution in [2.75, 3.05) is 5.73 Å². The molecule has 2 rings (SSSR count). The fraction of sp³-hybridized carbons (Fsp3) is 0.0833. The minimum absolute atomic E-state index is 0.214. The first kappa shape index (κ1) is 10.4. The van der Waals surface area contributed by atoms with Gasteiger partial charge in [-0.2, -0.15) is 0 Å². The Kier molecular flexibility index (Phi) is 2.72. The standard InChI is InChI=1S/C12H11FN2O/c13-11-4-2-1-3-9(11)8-15-6-5-10(14)7-12(15)16/h1-7H,8,14H2. The third-order valence-electron chi connectivity index (χ3n) is 2.32. The third-order valence-corrected chi connectivity index (χ3v) is 2.32. The van der Waals surface area contributed by atoms with Crippen LogP contribution in [0.2, 0.25) is 0 Å². The summed E-state index contributed by atoms with van der Waals surface area (Å²) in [5.41, 5.74) is 6.12. The maximum absolute atomic E-state index is 13.3. The molecule has 0 saturated carbocycles. The van der Waals surface area contributed by atoms with E-state index in [4.69, 9.17) is 5.73 Å². The SMILES string of the molecule is Nc1ccn(Cc2ccccc2F)c(=O)c1. The van der Waals surface area contributed by atoms with Gasteiger partial charge in [0.25, 0.3) is 5.56 Å². The Hall–Kier alpha value is -2.10. The molecule has 0 fully saturated rings. The Morgan fingerprint density at radius 3 is 2.69 bits per heavy atom. The molecular formula is C12H11FN2O. The van der Waals surface area contributed by atoms with Crippen LogP contribution in [0.1, 0.15) is 5.56 Å². The van der Waals surface area contributed by atoms with Crippen LogP contribution in [-0.4, -0.2) is 4.57 Å². The summed E-state index contributed by atoms with van der Waals surface area (Å²) in [7, 11) is 0. The maximum Gasteiger partial charge on any atom is 0.252 e. The van der Waals surface area contributed by atoms with Gasteiger partial charge in [-0.05, 0) is 12.1 Å². The highest BCUT2D eigenvalue weighted by Crippen LogP contribution is 2.07. The first-order chi connectivity index (χ1) is 7.66. The zero-order chi connectivity index (χ0) is 11.5. The van der Waals surface area contributed by atoms with Gasteiger partial charge >= 0.3 is 0 Å². The zero-order valence-electron chi connectivity index (χ0n) is 8.56. The first-order valence-corrected chi connectivity index (χ1v) is 4.86. The molecule has 0 amide bonds. The number of hydrogen-bond donors (Lipinski definition) is 1. The highest BCUT2D eigenvalue weighted by Gasteiger charge is 2.02. The van der Waals surface area contributed by atoms with Crippen molar-refractivity contribution < 1.29 is 4.39 Å². The fourth-order valence-electron chi connectivity index (χ4n) is 1.46. The van der Waals surface area contributed by atoms with Crippen molar-refractivity contribution in [1.29, 1.82) is 0 Å². The molecule has 1 aromatic heterocycles. The summed E-state index contributed by atoms with van der Waals surface area (Å²) in [4.78, 5) is 11.5. The van der Waals surface area contributed by atoms with E-state index in [-0.39, 0.29) is 17.9 Å². The number of aromatic nitrogens is 1. The van der Waals surface area contributed by atoms with Gasteiger partial charge < -0.3 is 10.3 Å². The lowest BCUT2D eigenvalue weighted by molar-refractivity contribution is 0.596. The van der Waals surface area contributed by atoms with Gasteiger partial charge in [0, 0.05) is 23.5 Å². The second-order valence-corrected chi connectivity index (χ2v) is 3.52. The fourth-order valence-corrected chi connectivity index (χ4v) is 1.46. The van der Waals surface area contributed by atoms with E-state index in [1.807, 2.05) is 0 Å². The summed E-state index contributed by atoms with van der Waals surface area (Å²) in [5, 5.41) is 0. The molecule has 2 aromatic rings. The van der Waals surface area contributed by atoms with Crippen molar-refractivity contribution in [2.45, 2.75) is 6.54 Å². The molecule has 0 spiro atoms. The second kappa shape index (κ2) is 4.18. The van der Waals surface area contributed by atoms with Crippen molar-refractivity contribution in [3.8, 4) is 0 Å². The summed E-state index contributed by atoms with van der Waals surface area (Å²) >= 11 is 0. The van der Waals surface area contributed by atoms with Crippen LogP contribution in [0.25, 0.3) is 0 Å². The number of anilines is 1. The molecule has 16 heavy (non-hydrogen) atoms. The van der Waals surface area contributed by atoms with Crippen LogP contribution in [0.4, 0.5) is 10.1 Å².